The minimum atomic E-state index is -3.63. The molecule has 0 radical (unpaired) electrons. The van der Waals surface area contributed by atoms with Crippen molar-refractivity contribution in [2.45, 2.75) is 42.4 Å². The second kappa shape index (κ2) is 6.62. The second-order valence-electron chi connectivity index (χ2n) is 5.62. The first-order chi connectivity index (χ1) is 10.9. The monoisotopic (exact) mass is 357 g/mol. The highest BCUT2D eigenvalue weighted by Crippen LogP contribution is 2.34. The molecule has 0 bridgehead atoms. The van der Waals surface area contributed by atoms with E-state index in [4.69, 9.17) is 4.52 Å². The summed E-state index contributed by atoms with van der Waals surface area (Å²) in [5, 5.41) is 8.44. The van der Waals surface area contributed by atoms with Gasteiger partial charge in [0.25, 0.3) is 0 Å². The summed E-state index contributed by atoms with van der Waals surface area (Å²) in [5.74, 6) is 2.33. The van der Waals surface area contributed by atoms with Gasteiger partial charge in [0, 0.05) is 24.4 Å². The van der Waals surface area contributed by atoms with Gasteiger partial charge in [-0.05, 0) is 18.6 Å². The number of thioether (sulfide) groups is 1. The van der Waals surface area contributed by atoms with Crippen LogP contribution < -0.4 is 4.72 Å². The summed E-state index contributed by atoms with van der Waals surface area (Å²) >= 11 is 1.95. The van der Waals surface area contributed by atoms with Crippen molar-refractivity contribution < 1.29 is 12.9 Å². The van der Waals surface area contributed by atoms with Crippen LogP contribution in [0.15, 0.2) is 21.8 Å². The number of aromatic nitrogens is 4. The number of nitrogens with one attached hydrogen (secondary N) is 1. The first kappa shape index (κ1) is 16.5. The van der Waals surface area contributed by atoms with Crippen molar-refractivity contribution >= 4 is 21.8 Å². The molecule has 3 heterocycles. The maximum atomic E-state index is 12.1. The molecule has 0 amide bonds. The highest BCUT2D eigenvalue weighted by Gasteiger charge is 2.25. The number of hydrogen-bond donors (Lipinski definition) is 1. The van der Waals surface area contributed by atoms with Crippen LogP contribution in [0.4, 0.5) is 0 Å². The molecule has 1 fully saturated rings. The highest BCUT2D eigenvalue weighted by molar-refractivity contribution is 7.99. The van der Waals surface area contributed by atoms with E-state index in [1.165, 1.54) is 17.1 Å². The van der Waals surface area contributed by atoms with Crippen molar-refractivity contribution in [2.75, 3.05) is 5.75 Å². The molecule has 2 aromatic heterocycles. The van der Waals surface area contributed by atoms with E-state index < -0.39 is 10.0 Å². The molecule has 126 valence electrons. The van der Waals surface area contributed by atoms with Crippen molar-refractivity contribution in [3.8, 4) is 0 Å². The largest absolute Gasteiger partial charge is 0.338 e. The Morgan fingerprint density at radius 2 is 2.35 bits per heavy atom. The third-order valence-electron chi connectivity index (χ3n) is 3.74. The minimum absolute atomic E-state index is 0.0265. The summed E-state index contributed by atoms with van der Waals surface area (Å²) in [6, 6.07) is 0. The van der Waals surface area contributed by atoms with E-state index in [1.54, 1.807) is 7.05 Å². The van der Waals surface area contributed by atoms with Gasteiger partial charge in [-0.3, -0.25) is 4.68 Å². The van der Waals surface area contributed by atoms with E-state index in [9.17, 15) is 8.42 Å². The van der Waals surface area contributed by atoms with E-state index in [0.29, 0.717) is 17.0 Å². The molecule has 2 atom stereocenters. The summed E-state index contributed by atoms with van der Waals surface area (Å²) in [6.07, 6.45) is 4.77. The number of nitrogens with zero attached hydrogens (tertiary/aromatic N) is 4. The Morgan fingerprint density at radius 1 is 1.52 bits per heavy atom. The molecule has 8 nitrogen and oxygen atoms in total. The second-order valence-corrected chi connectivity index (χ2v) is 8.94. The normalized spacial score (nSPS) is 22.3. The van der Waals surface area contributed by atoms with Crippen molar-refractivity contribution in [1.29, 1.82) is 0 Å². The predicted octanol–water partition coefficient (Wildman–Crippen LogP) is 1.28. The summed E-state index contributed by atoms with van der Waals surface area (Å²) in [4.78, 5) is 4.44. The predicted molar refractivity (Wildman–Crippen MR) is 85.4 cm³/mol. The maximum absolute atomic E-state index is 12.1. The summed E-state index contributed by atoms with van der Waals surface area (Å²) in [5.41, 5.74) is 0. The van der Waals surface area contributed by atoms with Crippen LogP contribution in [0.3, 0.4) is 0 Å². The summed E-state index contributed by atoms with van der Waals surface area (Å²) in [6.45, 7) is 2.17. The Morgan fingerprint density at radius 3 is 3.04 bits per heavy atom. The van der Waals surface area contributed by atoms with Crippen LogP contribution in [0.25, 0.3) is 0 Å². The average Bonchev–Trinajstić information content (AvgIpc) is 3.14. The van der Waals surface area contributed by atoms with E-state index >= 15 is 0 Å². The Labute approximate surface area is 139 Å². The molecule has 2 aromatic rings. The SMILES string of the molecule is CC1CC(c2noc(CNS(=O)(=O)c3cnn(C)c3)n2)CCS1. The molecular formula is C13H19N5O3S2. The number of hydrogen-bond acceptors (Lipinski definition) is 7. The molecule has 23 heavy (non-hydrogen) atoms. The van der Waals surface area contributed by atoms with E-state index in [-0.39, 0.29) is 17.3 Å². The van der Waals surface area contributed by atoms with Gasteiger partial charge in [-0.25, -0.2) is 13.1 Å². The third kappa shape index (κ3) is 3.93. The highest BCUT2D eigenvalue weighted by atomic mass is 32.2. The Bertz CT molecular complexity index is 770. The molecule has 1 N–H and O–H groups in total. The van der Waals surface area contributed by atoms with Crippen LogP contribution in [0.2, 0.25) is 0 Å². The zero-order valence-corrected chi connectivity index (χ0v) is 14.6. The van der Waals surface area contributed by atoms with Crippen LogP contribution in [0, 0.1) is 0 Å². The lowest BCUT2D eigenvalue weighted by Crippen LogP contribution is -2.23. The van der Waals surface area contributed by atoms with Crippen molar-refractivity contribution in [3.05, 3.63) is 24.1 Å². The van der Waals surface area contributed by atoms with Crippen LogP contribution in [-0.2, 0) is 23.6 Å². The number of rotatable bonds is 5. The van der Waals surface area contributed by atoms with Gasteiger partial charge in [0.05, 0.1) is 12.7 Å². The Balaban J connectivity index is 1.63. The summed E-state index contributed by atoms with van der Waals surface area (Å²) < 4.78 is 33.3. The quantitative estimate of drug-likeness (QED) is 0.860. The number of aryl methyl sites for hydroxylation is 1. The Hall–Kier alpha value is -1.39. The van der Waals surface area contributed by atoms with Gasteiger partial charge in [-0.15, -0.1) is 0 Å². The lowest BCUT2D eigenvalue weighted by atomic mass is 9.99. The fraction of sp³-hybridized carbons (Fsp3) is 0.615. The van der Waals surface area contributed by atoms with Gasteiger partial charge in [-0.2, -0.15) is 21.8 Å². The van der Waals surface area contributed by atoms with Crippen LogP contribution >= 0.6 is 11.8 Å². The molecule has 2 unspecified atom stereocenters. The zero-order chi connectivity index (χ0) is 16.4. The van der Waals surface area contributed by atoms with Crippen molar-refractivity contribution in [1.82, 2.24) is 24.6 Å². The fourth-order valence-corrected chi connectivity index (χ4v) is 4.66. The first-order valence-corrected chi connectivity index (χ1v) is 9.89. The van der Waals surface area contributed by atoms with Gasteiger partial charge in [-0.1, -0.05) is 12.1 Å². The number of sulfonamides is 1. The van der Waals surface area contributed by atoms with E-state index in [1.807, 2.05) is 11.8 Å². The van der Waals surface area contributed by atoms with Crippen LogP contribution in [0.5, 0.6) is 0 Å². The molecule has 10 heteroatoms. The summed E-state index contributed by atoms with van der Waals surface area (Å²) in [7, 11) is -1.97. The first-order valence-electron chi connectivity index (χ1n) is 7.36. The van der Waals surface area contributed by atoms with Gasteiger partial charge >= 0.3 is 0 Å². The molecule has 0 aliphatic carbocycles. The average molecular weight is 357 g/mol. The maximum Gasteiger partial charge on any atom is 0.244 e. The van der Waals surface area contributed by atoms with Crippen LogP contribution in [0.1, 0.15) is 37.4 Å². The smallest absolute Gasteiger partial charge is 0.244 e. The van der Waals surface area contributed by atoms with Gasteiger partial charge in [0.2, 0.25) is 15.9 Å². The molecule has 0 spiro atoms. The molecule has 0 saturated carbocycles. The van der Waals surface area contributed by atoms with Gasteiger partial charge in [0.15, 0.2) is 5.82 Å². The Kier molecular flexibility index (Phi) is 4.74. The minimum Gasteiger partial charge on any atom is -0.338 e. The molecule has 1 aliphatic rings. The van der Waals surface area contributed by atoms with Crippen molar-refractivity contribution in [2.24, 2.45) is 7.05 Å². The molecule has 3 rings (SSSR count). The topological polar surface area (TPSA) is 103 Å². The zero-order valence-electron chi connectivity index (χ0n) is 13.0. The third-order valence-corrected chi connectivity index (χ3v) is 6.33. The lowest BCUT2D eigenvalue weighted by molar-refractivity contribution is 0.364. The molecule has 1 aliphatic heterocycles. The lowest BCUT2D eigenvalue weighted by Gasteiger charge is -2.23. The molecule has 0 aromatic carbocycles. The molecule has 1 saturated heterocycles. The van der Waals surface area contributed by atoms with E-state index in [0.717, 1.165) is 18.6 Å². The van der Waals surface area contributed by atoms with Crippen molar-refractivity contribution in [3.63, 3.8) is 0 Å². The molecular weight excluding hydrogens is 338 g/mol. The van der Waals surface area contributed by atoms with Gasteiger partial charge in [0.1, 0.15) is 4.90 Å². The van der Waals surface area contributed by atoms with Gasteiger partial charge < -0.3 is 4.52 Å². The fourth-order valence-electron chi connectivity index (χ4n) is 2.52. The standard InChI is InChI=1S/C13H19N5O3S2/c1-9-5-10(3-4-22-9)13-16-12(21-17-13)7-15-23(19,20)11-6-14-18(2)8-11/h6,8-10,15H,3-5,7H2,1-2H3. The van der Waals surface area contributed by atoms with Crippen LogP contribution in [-0.4, -0.2) is 39.3 Å². The van der Waals surface area contributed by atoms with E-state index in [2.05, 4.69) is 26.9 Å².